The first-order valence-electron chi connectivity index (χ1n) is 3.37. The number of likely N-dealkylation sites (tertiary alicyclic amines) is 1. The molecule has 1 aliphatic rings. The van der Waals surface area contributed by atoms with Crippen LogP contribution in [0.3, 0.4) is 0 Å². The van der Waals surface area contributed by atoms with E-state index in [-0.39, 0.29) is 5.25 Å². The monoisotopic (exact) mass is 163 g/mol. The summed E-state index contributed by atoms with van der Waals surface area (Å²) in [5.41, 5.74) is 0. The summed E-state index contributed by atoms with van der Waals surface area (Å²) in [5, 5.41) is -0.113. The van der Waals surface area contributed by atoms with E-state index in [2.05, 4.69) is 0 Å². The summed E-state index contributed by atoms with van der Waals surface area (Å²) in [6.45, 7) is 1.62. The molecule has 0 aromatic heterocycles. The first-order valence-corrected chi connectivity index (χ1v) is 5.33. The van der Waals surface area contributed by atoms with Crippen molar-refractivity contribution in [3.63, 3.8) is 0 Å². The van der Waals surface area contributed by atoms with E-state index in [1.807, 2.05) is 11.9 Å². The topological polar surface area (TPSA) is 37.4 Å². The van der Waals surface area contributed by atoms with E-state index in [0.29, 0.717) is 6.54 Å². The zero-order chi connectivity index (χ0) is 7.78. The van der Waals surface area contributed by atoms with E-state index in [0.717, 1.165) is 13.0 Å². The molecule has 1 rings (SSSR count). The molecular weight excluding hydrogens is 150 g/mol. The predicted molar refractivity (Wildman–Crippen MR) is 40.7 cm³/mol. The molecule has 1 heterocycles. The van der Waals surface area contributed by atoms with Crippen LogP contribution < -0.4 is 0 Å². The lowest BCUT2D eigenvalue weighted by atomic mass is 10.4. The zero-order valence-corrected chi connectivity index (χ0v) is 7.19. The Morgan fingerprint density at radius 2 is 2.10 bits per heavy atom. The van der Waals surface area contributed by atoms with E-state index in [4.69, 9.17) is 0 Å². The van der Waals surface area contributed by atoms with Crippen LogP contribution in [0.2, 0.25) is 0 Å². The molecule has 4 heteroatoms. The van der Waals surface area contributed by atoms with Crippen LogP contribution in [0.5, 0.6) is 0 Å². The van der Waals surface area contributed by atoms with Gasteiger partial charge in [0.15, 0.2) is 9.84 Å². The molecular formula is C6H13NO2S. The molecule has 1 unspecified atom stereocenters. The van der Waals surface area contributed by atoms with Crippen molar-refractivity contribution < 1.29 is 8.42 Å². The van der Waals surface area contributed by atoms with Crippen molar-refractivity contribution in [2.75, 3.05) is 26.4 Å². The fraction of sp³-hybridized carbons (Fsp3) is 1.00. The minimum atomic E-state index is -2.78. The van der Waals surface area contributed by atoms with Gasteiger partial charge in [-0.05, 0) is 20.0 Å². The second-order valence-corrected chi connectivity index (χ2v) is 5.33. The van der Waals surface area contributed by atoms with Crippen molar-refractivity contribution >= 4 is 9.84 Å². The molecule has 1 saturated heterocycles. The quantitative estimate of drug-likeness (QED) is 0.534. The van der Waals surface area contributed by atoms with Gasteiger partial charge in [0.25, 0.3) is 0 Å². The second-order valence-electron chi connectivity index (χ2n) is 3.00. The third-order valence-electron chi connectivity index (χ3n) is 1.95. The van der Waals surface area contributed by atoms with Gasteiger partial charge in [0, 0.05) is 12.8 Å². The van der Waals surface area contributed by atoms with Gasteiger partial charge in [0.1, 0.15) is 0 Å². The summed E-state index contributed by atoms with van der Waals surface area (Å²) in [7, 11) is -0.828. The Kier molecular flexibility index (Phi) is 2.01. The van der Waals surface area contributed by atoms with E-state index in [9.17, 15) is 8.42 Å². The van der Waals surface area contributed by atoms with Gasteiger partial charge in [0.05, 0.1) is 5.25 Å². The minimum Gasteiger partial charge on any atom is -0.305 e. The molecule has 1 atom stereocenters. The largest absolute Gasteiger partial charge is 0.305 e. The summed E-state index contributed by atoms with van der Waals surface area (Å²) < 4.78 is 21.9. The molecule has 1 aliphatic heterocycles. The fourth-order valence-corrected chi connectivity index (χ4v) is 2.30. The van der Waals surface area contributed by atoms with Crippen LogP contribution in [-0.4, -0.2) is 45.0 Å². The van der Waals surface area contributed by atoms with E-state index >= 15 is 0 Å². The van der Waals surface area contributed by atoms with Gasteiger partial charge in [0.2, 0.25) is 0 Å². The molecule has 0 saturated carbocycles. The van der Waals surface area contributed by atoms with Gasteiger partial charge in [-0.2, -0.15) is 0 Å². The van der Waals surface area contributed by atoms with E-state index < -0.39 is 9.84 Å². The Hall–Kier alpha value is -0.0900. The summed E-state index contributed by atoms with van der Waals surface area (Å²) in [6.07, 6.45) is 2.12. The molecule has 0 radical (unpaired) electrons. The first kappa shape index (κ1) is 8.01. The van der Waals surface area contributed by atoms with Gasteiger partial charge in [-0.3, -0.25) is 0 Å². The fourth-order valence-electron chi connectivity index (χ4n) is 1.24. The summed E-state index contributed by atoms with van der Waals surface area (Å²) in [6, 6.07) is 0. The van der Waals surface area contributed by atoms with Crippen molar-refractivity contribution in [1.29, 1.82) is 0 Å². The van der Waals surface area contributed by atoms with E-state index in [1.165, 1.54) is 6.26 Å². The number of rotatable bonds is 1. The highest BCUT2D eigenvalue weighted by molar-refractivity contribution is 7.91. The van der Waals surface area contributed by atoms with Crippen molar-refractivity contribution in [2.24, 2.45) is 0 Å². The Balaban J connectivity index is 2.62. The van der Waals surface area contributed by atoms with Crippen molar-refractivity contribution in [3.8, 4) is 0 Å². The molecule has 0 aliphatic carbocycles. The van der Waals surface area contributed by atoms with E-state index in [1.54, 1.807) is 0 Å². The molecule has 0 N–H and O–H groups in total. The smallest absolute Gasteiger partial charge is 0.151 e. The molecule has 0 aromatic carbocycles. The predicted octanol–water partition coefficient (Wildman–Crippen LogP) is -0.265. The van der Waals surface area contributed by atoms with Crippen LogP contribution in [0, 0.1) is 0 Å². The van der Waals surface area contributed by atoms with Crippen LogP contribution in [0.1, 0.15) is 6.42 Å². The second kappa shape index (κ2) is 2.51. The highest BCUT2D eigenvalue weighted by atomic mass is 32.2. The molecule has 0 bridgehead atoms. The van der Waals surface area contributed by atoms with Gasteiger partial charge in [-0.15, -0.1) is 0 Å². The molecule has 0 aromatic rings. The van der Waals surface area contributed by atoms with Gasteiger partial charge in [-0.1, -0.05) is 0 Å². The zero-order valence-electron chi connectivity index (χ0n) is 6.37. The van der Waals surface area contributed by atoms with Crippen LogP contribution in [0.25, 0.3) is 0 Å². The third-order valence-corrected chi connectivity index (χ3v) is 3.55. The summed E-state index contributed by atoms with van der Waals surface area (Å²) >= 11 is 0. The van der Waals surface area contributed by atoms with Crippen LogP contribution in [-0.2, 0) is 9.84 Å². The molecule has 10 heavy (non-hydrogen) atoms. The molecule has 60 valence electrons. The molecule has 1 fully saturated rings. The van der Waals surface area contributed by atoms with Crippen LogP contribution in [0.4, 0.5) is 0 Å². The lowest BCUT2D eigenvalue weighted by molar-refractivity contribution is 0.417. The Morgan fingerprint density at radius 1 is 1.50 bits per heavy atom. The van der Waals surface area contributed by atoms with Crippen LogP contribution in [0.15, 0.2) is 0 Å². The highest BCUT2D eigenvalue weighted by Gasteiger charge is 2.27. The highest BCUT2D eigenvalue weighted by Crippen LogP contribution is 2.13. The molecule has 0 amide bonds. The lowest BCUT2D eigenvalue weighted by Crippen LogP contribution is -2.23. The number of nitrogens with zero attached hydrogens (tertiary/aromatic N) is 1. The first-order chi connectivity index (χ1) is 4.50. The average Bonchev–Trinajstić information content (AvgIpc) is 2.11. The van der Waals surface area contributed by atoms with Gasteiger partial charge in [-0.25, -0.2) is 8.42 Å². The number of sulfone groups is 1. The van der Waals surface area contributed by atoms with Crippen molar-refractivity contribution in [3.05, 3.63) is 0 Å². The normalized spacial score (nSPS) is 29.2. The lowest BCUT2D eigenvalue weighted by Gasteiger charge is -2.06. The Bertz CT molecular complexity index is 210. The maximum atomic E-state index is 11.0. The number of hydrogen-bond donors (Lipinski definition) is 0. The standard InChI is InChI=1S/C6H13NO2S/c1-7-4-3-6(5-7)10(2,8)9/h6H,3-5H2,1-2H3. The third kappa shape index (κ3) is 1.70. The van der Waals surface area contributed by atoms with Crippen molar-refractivity contribution in [2.45, 2.75) is 11.7 Å². The maximum Gasteiger partial charge on any atom is 0.151 e. The molecule has 3 nitrogen and oxygen atoms in total. The SMILES string of the molecule is CN1CCC(S(C)(=O)=O)C1. The van der Waals surface area contributed by atoms with Gasteiger partial charge < -0.3 is 4.90 Å². The maximum absolute atomic E-state index is 11.0. The van der Waals surface area contributed by atoms with Gasteiger partial charge >= 0.3 is 0 Å². The average molecular weight is 163 g/mol. The minimum absolute atomic E-state index is 0.113. The Labute approximate surface area is 61.9 Å². The number of hydrogen-bond acceptors (Lipinski definition) is 3. The molecule has 0 spiro atoms. The van der Waals surface area contributed by atoms with Crippen LogP contribution >= 0.6 is 0 Å². The van der Waals surface area contributed by atoms with Crippen molar-refractivity contribution in [1.82, 2.24) is 4.90 Å². The summed E-state index contributed by atoms with van der Waals surface area (Å²) in [5.74, 6) is 0. The summed E-state index contributed by atoms with van der Waals surface area (Å²) in [4.78, 5) is 2.05. The Morgan fingerprint density at radius 3 is 2.30 bits per heavy atom.